The van der Waals surface area contributed by atoms with Gasteiger partial charge in [-0.3, -0.25) is 9.69 Å². The monoisotopic (exact) mass is 284 g/mol. The highest BCUT2D eigenvalue weighted by atomic mass is 16.5. The minimum absolute atomic E-state index is 0.123. The van der Waals surface area contributed by atoms with Gasteiger partial charge in [0.05, 0.1) is 19.3 Å². The molecule has 2 N–H and O–H groups in total. The molecule has 1 saturated heterocycles. The van der Waals surface area contributed by atoms with Crippen molar-refractivity contribution in [3.05, 3.63) is 0 Å². The van der Waals surface area contributed by atoms with Crippen molar-refractivity contribution in [3.63, 3.8) is 0 Å². The van der Waals surface area contributed by atoms with E-state index in [0.717, 1.165) is 45.6 Å². The highest BCUT2D eigenvalue weighted by molar-refractivity contribution is 5.78. The van der Waals surface area contributed by atoms with Gasteiger partial charge in [0, 0.05) is 32.1 Å². The minimum Gasteiger partial charge on any atom is -0.390 e. The predicted molar refractivity (Wildman–Crippen MR) is 77.4 cm³/mol. The molecule has 3 atom stereocenters. The molecule has 1 saturated carbocycles. The van der Waals surface area contributed by atoms with Crippen molar-refractivity contribution in [1.29, 1.82) is 0 Å². The zero-order valence-electron chi connectivity index (χ0n) is 12.5. The maximum atomic E-state index is 12.1. The molecule has 0 bridgehead atoms. The van der Waals surface area contributed by atoms with Crippen molar-refractivity contribution < 1.29 is 14.6 Å². The summed E-state index contributed by atoms with van der Waals surface area (Å²) in [5.41, 5.74) is 0. The van der Waals surface area contributed by atoms with Crippen LogP contribution in [0.2, 0.25) is 0 Å². The zero-order chi connectivity index (χ0) is 14.4. The molecule has 0 aromatic carbocycles. The van der Waals surface area contributed by atoms with E-state index in [1.165, 1.54) is 6.42 Å². The summed E-state index contributed by atoms with van der Waals surface area (Å²) in [6, 6.07) is 0. The Morgan fingerprint density at radius 1 is 1.40 bits per heavy atom. The Balaban J connectivity index is 1.64. The van der Waals surface area contributed by atoms with Gasteiger partial charge in [0.25, 0.3) is 0 Å². The third-order valence-corrected chi connectivity index (χ3v) is 4.39. The lowest BCUT2D eigenvalue weighted by Crippen LogP contribution is -2.45. The number of rotatable bonds is 5. The van der Waals surface area contributed by atoms with Gasteiger partial charge < -0.3 is 15.2 Å². The first-order chi connectivity index (χ1) is 9.65. The van der Waals surface area contributed by atoms with Crippen molar-refractivity contribution in [2.45, 2.75) is 38.7 Å². The number of aliphatic hydroxyl groups excluding tert-OH is 1. The normalized spacial score (nSPS) is 29.9. The predicted octanol–water partition coefficient (Wildman–Crippen LogP) is 0.622. The van der Waals surface area contributed by atoms with Gasteiger partial charge in [-0.2, -0.15) is 0 Å². The largest absolute Gasteiger partial charge is 0.390 e. The summed E-state index contributed by atoms with van der Waals surface area (Å²) < 4.78 is 5.28. The molecule has 1 aliphatic carbocycles. The van der Waals surface area contributed by atoms with Crippen LogP contribution in [-0.2, 0) is 9.53 Å². The highest BCUT2D eigenvalue weighted by Crippen LogP contribution is 2.28. The highest BCUT2D eigenvalue weighted by Gasteiger charge is 2.25. The second-order valence-electron chi connectivity index (χ2n) is 6.28. The number of aliphatic hydroxyl groups is 1. The molecule has 1 aliphatic heterocycles. The van der Waals surface area contributed by atoms with Gasteiger partial charge in [-0.25, -0.2) is 0 Å². The Morgan fingerprint density at radius 3 is 2.85 bits per heavy atom. The number of hydrogen-bond donors (Lipinski definition) is 2. The first-order valence-corrected chi connectivity index (χ1v) is 7.91. The lowest BCUT2D eigenvalue weighted by molar-refractivity contribution is -0.127. The second-order valence-corrected chi connectivity index (χ2v) is 6.28. The van der Waals surface area contributed by atoms with E-state index in [0.29, 0.717) is 19.0 Å². The molecular weight excluding hydrogens is 256 g/mol. The summed E-state index contributed by atoms with van der Waals surface area (Å²) in [5.74, 6) is 0.921. The van der Waals surface area contributed by atoms with Gasteiger partial charge in [-0.05, 0) is 18.8 Å². The second kappa shape index (κ2) is 7.96. The standard InChI is InChI=1S/C15H28N2O3/c1-12-3-2-4-13(9-12)15(19)16-10-14(18)11-17-5-7-20-8-6-17/h12-14,18H,2-11H2,1H3,(H,16,19). The van der Waals surface area contributed by atoms with E-state index in [2.05, 4.69) is 17.1 Å². The summed E-state index contributed by atoms with van der Waals surface area (Å²) in [7, 11) is 0. The fraction of sp³-hybridized carbons (Fsp3) is 0.933. The van der Waals surface area contributed by atoms with E-state index in [1.54, 1.807) is 0 Å². The molecule has 1 heterocycles. The number of nitrogens with zero attached hydrogens (tertiary/aromatic N) is 1. The summed E-state index contributed by atoms with van der Waals surface area (Å²) in [6.07, 6.45) is 3.89. The molecule has 0 aromatic rings. The van der Waals surface area contributed by atoms with E-state index in [9.17, 15) is 9.90 Å². The van der Waals surface area contributed by atoms with E-state index < -0.39 is 6.10 Å². The van der Waals surface area contributed by atoms with Crippen LogP contribution in [0.5, 0.6) is 0 Å². The van der Waals surface area contributed by atoms with Gasteiger partial charge in [0.1, 0.15) is 0 Å². The van der Waals surface area contributed by atoms with Crippen molar-refractivity contribution in [2.75, 3.05) is 39.4 Å². The Labute approximate surface area is 121 Å². The van der Waals surface area contributed by atoms with Crippen molar-refractivity contribution in [2.24, 2.45) is 11.8 Å². The van der Waals surface area contributed by atoms with Gasteiger partial charge in [0.2, 0.25) is 5.91 Å². The molecule has 20 heavy (non-hydrogen) atoms. The number of ether oxygens (including phenoxy) is 1. The van der Waals surface area contributed by atoms with E-state index in [-0.39, 0.29) is 11.8 Å². The van der Waals surface area contributed by atoms with Crippen LogP contribution in [0, 0.1) is 11.8 Å². The van der Waals surface area contributed by atoms with E-state index >= 15 is 0 Å². The first-order valence-electron chi connectivity index (χ1n) is 7.91. The molecule has 3 unspecified atom stereocenters. The van der Waals surface area contributed by atoms with Crippen molar-refractivity contribution in [3.8, 4) is 0 Å². The summed E-state index contributed by atoms with van der Waals surface area (Å²) in [6.45, 7) is 6.40. The molecule has 1 amide bonds. The van der Waals surface area contributed by atoms with Crippen LogP contribution in [0.1, 0.15) is 32.6 Å². The number of amides is 1. The van der Waals surface area contributed by atoms with Gasteiger partial charge in [0.15, 0.2) is 0 Å². The maximum absolute atomic E-state index is 12.1. The topological polar surface area (TPSA) is 61.8 Å². The average Bonchev–Trinajstić information content (AvgIpc) is 2.46. The molecular formula is C15H28N2O3. The number of carbonyl (C=O) groups is 1. The van der Waals surface area contributed by atoms with Gasteiger partial charge in [-0.1, -0.05) is 19.8 Å². The van der Waals surface area contributed by atoms with Crippen LogP contribution < -0.4 is 5.32 Å². The third-order valence-electron chi connectivity index (χ3n) is 4.39. The van der Waals surface area contributed by atoms with Crippen LogP contribution >= 0.6 is 0 Å². The Morgan fingerprint density at radius 2 is 2.15 bits per heavy atom. The Bertz CT molecular complexity index is 305. The number of nitrogens with one attached hydrogen (secondary N) is 1. The van der Waals surface area contributed by atoms with E-state index in [1.807, 2.05) is 0 Å². The number of carbonyl (C=O) groups excluding carboxylic acids is 1. The van der Waals surface area contributed by atoms with Gasteiger partial charge >= 0.3 is 0 Å². The molecule has 0 aromatic heterocycles. The van der Waals surface area contributed by atoms with Crippen LogP contribution in [0.3, 0.4) is 0 Å². The molecule has 2 rings (SSSR count). The van der Waals surface area contributed by atoms with Crippen LogP contribution in [0.15, 0.2) is 0 Å². The molecule has 0 radical (unpaired) electrons. The lowest BCUT2D eigenvalue weighted by atomic mass is 9.82. The number of morpholine rings is 1. The molecule has 5 heteroatoms. The quantitative estimate of drug-likeness (QED) is 0.777. The molecule has 116 valence electrons. The van der Waals surface area contributed by atoms with Crippen LogP contribution in [0.4, 0.5) is 0 Å². The van der Waals surface area contributed by atoms with Crippen LogP contribution in [-0.4, -0.2) is 61.4 Å². The van der Waals surface area contributed by atoms with E-state index in [4.69, 9.17) is 4.74 Å². The summed E-state index contributed by atoms with van der Waals surface area (Å²) in [4.78, 5) is 14.3. The maximum Gasteiger partial charge on any atom is 0.223 e. The van der Waals surface area contributed by atoms with Crippen LogP contribution in [0.25, 0.3) is 0 Å². The first kappa shape index (κ1) is 15.7. The lowest BCUT2D eigenvalue weighted by Gasteiger charge is -2.29. The smallest absolute Gasteiger partial charge is 0.223 e. The summed E-state index contributed by atoms with van der Waals surface area (Å²) >= 11 is 0. The molecule has 2 aliphatic rings. The number of hydrogen-bond acceptors (Lipinski definition) is 4. The fourth-order valence-electron chi connectivity index (χ4n) is 3.18. The Hall–Kier alpha value is -0.650. The van der Waals surface area contributed by atoms with Gasteiger partial charge in [-0.15, -0.1) is 0 Å². The third kappa shape index (κ3) is 5.04. The van der Waals surface area contributed by atoms with Crippen molar-refractivity contribution in [1.82, 2.24) is 10.2 Å². The molecule has 5 nitrogen and oxygen atoms in total. The zero-order valence-corrected chi connectivity index (χ0v) is 12.5. The minimum atomic E-state index is -0.488. The average molecular weight is 284 g/mol. The molecule has 2 fully saturated rings. The summed E-state index contributed by atoms with van der Waals surface area (Å²) in [5, 5.41) is 12.9. The SMILES string of the molecule is CC1CCCC(C(=O)NCC(O)CN2CCOCC2)C1. The van der Waals surface area contributed by atoms with Crippen molar-refractivity contribution >= 4 is 5.91 Å². The fourth-order valence-corrected chi connectivity index (χ4v) is 3.18. The molecule has 0 spiro atoms. The number of β-amino-alcohol motifs (C(OH)–C–C–N with tert-alkyl or cyclic N) is 1. The Kier molecular flexibility index (Phi) is 6.26.